The third-order valence-electron chi connectivity index (χ3n) is 2.61. The smallest absolute Gasteiger partial charge is 0.0351 e. The summed E-state index contributed by atoms with van der Waals surface area (Å²) >= 11 is 5.76. The summed E-state index contributed by atoms with van der Waals surface area (Å²) in [5.41, 5.74) is 1.36. The Balaban J connectivity index is 0.00000196. The van der Waals surface area contributed by atoms with Crippen molar-refractivity contribution in [1.82, 2.24) is 4.90 Å². The molecule has 0 aliphatic carbocycles. The molecule has 0 spiro atoms. The quantitative estimate of drug-likeness (QED) is 0.717. The van der Waals surface area contributed by atoms with Crippen molar-refractivity contribution in [3.63, 3.8) is 0 Å². The lowest BCUT2D eigenvalue weighted by atomic mass is 10.1. The average molecular weight is 248 g/mol. The summed E-state index contributed by atoms with van der Waals surface area (Å²) in [7, 11) is 0. The fourth-order valence-corrected chi connectivity index (χ4v) is 1.89. The van der Waals surface area contributed by atoms with Crippen LogP contribution in [-0.2, 0) is 0 Å². The van der Waals surface area contributed by atoms with Crippen molar-refractivity contribution in [2.45, 2.75) is 19.9 Å². The van der Waals surface area contributed by atoms with Crippen LogP contribution in [0.15, 0.2) is 30.3 Å². The van der Waals surface area contributed by atoms with E-state index in [1.54, 1.807) is 0 Å². The zero-order chi connectivity index (χ0) is 10.4. The minimum atomic E-state index is 0. The molecule has 0 N–H and O–H groups in total. The molecule has 0 aliphatic heterocycles. The number of hydrogen-bond donors (Lipinski definition) is 0. The molecular weight excluding hydrogens is 229 g/mol. The van der Waals surface area contributed by atoms with Gasteiger partial charge in [0.15, 0.2) is 0 Å². The summed E-state index contributed by atoms with van der Waals surface area (Å²) < 4.78 is 0. The van der Waals surface area contributed by atoms with Crippen LogP contribution in [0.2, 0.25) is 0 Å². The highest BCUT2D eigenvalue weighted by molar-refractivity contribution is 6.18. The molecule has 0 saturated carbocycles. The van der Waals surface area contributed by atoms with E-state index in [4.69, 9.17) is 11.6 Å². The molecule has 0 amide bonds. The van der Waals surface area contributed by atoms with Crippen molar-refractivity contribution in [2.75, 3.05) is 19.0 Å². The van der Waals surface area contributed by atoms with E-state index in [-0.39, 0.29) is 12.4 Å². The highest BCUT2D eigenvalue weighted by atomic mass is 35.5. The van der Waals surface area contributed by atoms with Gasteiger partial charge in [0, 0.05) is 18.5 Å². The third kappa shape index (κ3) is 4.42. The molecule has 86 valence electrons. The molecule has 1 nitrogen and oxygen atoms in total. The van der Waals surface area contributed by atoms with Crippen LogP contribution in [0.25, 0.3) is 0 Å². The molecule has 0 fully saturated rings. The summed E-state index contributed by atoms with van der Waals surface area (Å²) in [6.07, 6.45) is 0. The second-order valence-electron chi connectivity index (χ2n) is 3.40. The normalized spacial score (nSPS) is 12.3. The Morgan fingerprint density at radius 1 is 1.27 bits per heavy atom. The monoisotopic (exact) mass is 247 g/mol. The SMILES string of the molecule is CCN(CCCl)C(C)c1ccccc1.Cl. The summed E-state index contributed by atoms with van der Waals surface area (Å²) in [6, 6.07) is 11.0. The summed E-state index contributed by atoms with van der Waals surface area (Å²) in [6.45, 7) is 6.40. The van der Waals surface area contributed by atoms with Gasteiger partial charge in [-0.25, -0.2) is 0 Å². The molecule has 0 heterocycles. The second kappa shape index (κ2) is 7.98. The molecule has 1 rings (SSSR count). The Morgan fingerprint density at radius 3 is 2.33 bits per heavy atom. The predicted octanol–water partition coefficient (Wildman–Crippen LogP) is 3.73. The Kier molecular flexibility index (Phi) is 7.85. The third-order valence-corrected chi connectivity index (χ3v) is 2.78. The molecule has 1 aromatic rings. The van der Waals surface area contributed by atoms with Gasteiger partial charge in [-0.15, -0.1) is 24.0 Å². The molecule has 0 aliphatic rings. The van der Waals surface area contributed by atoms with Crippen LogP contribution >= 0.6 is 24.0 Å². The van der Waals surface area contributed by atoms with E-state index in [1.165, 1.54) is 5.56 Å². The fraction of sp³-hybridized carbons (Fsp3) is 0.500. The standard InChI is InChI=1S/C12H18ClN.ClH/c1-3-14(10-9-13)11(2)12-7-5-4-6-8-12;/h4-8,11H,3,9-10H2,1-2H3;1H. The zero-order valence-corrected chi connectivity index (χ0v) is 10.9. The number of halogens is 2. The summed E-state index contributed by atoms with van der Waals surface area (Å²) in [5.74, 6) is 0.699. The van der Waals surface area contributed by atoms with Crippen LogP contribution in [-0.4, -0.2) is 23.9 Å². The van der Waals surface area contributed by atoms with Gasteiger partial charge in [-0.05, 0) is 19.0 Å². The van der Waals surface area contributed by atoms with Gasteiger partial charge in [-0.1, -0.05) is 37.3 Å². The predicted molar refractivity (Wildman–Crippen MR) is 70.1 cm³/mol. The molecule has 0 aromatic heterocycles. The molecule has 0 radical (unpaired) electrons. The average Bonchev–Trinajstić information content (AvgIpc) is 2.26. The fourth-order valence-electron chi connectivity index (χ4n) is 1.68. The van der Waals surface area contributed by atoms with Crippen LogP contribution in [0, 0.1) is 0 Å². The zero-order valence-electron chi connectivity index (χ0n) is 9.32. The van der Waals surface area contributed by atoms with E-state index in [0.29, 0.717) is 11.9 Å². The lowest BCUT2D eigenvalue weighted by Crippen LogP contribution is -2.28. The minimum Gasteiger partial charge on any atom is -0.296 e. The van der Waals surface area contributed by atoms with Crippen molar-refractivity contribution >= 4 is 24.0 Å². The lowest BCUT2D eigenvalue weighted by Gasteiger charge is -2.27. The summed E-state index contributed by atoms with van der Waals surface area (Å²) in [4.78, 5) is 2.38. The van der Waals surface area contributed by atoms with Crippen molar-refractivity contribution in [2.24, 2.45) is 0 Å². The van der Waals surface area contributed by atoms with Gasteiger partial charge in [-0.2, -0.15) is 0 Å². The van der Waals surface area contributed by atoms with Crippen molar-refractivity contribution in [1.29, 1.82) is 0 Å². The van der Waals surface area contributed by atoms with E-state index >= 15 is 0 Å². The molecule has 1 unspecified atom stereocenters. The number of rotatable bonds is 5. The van der Waals surface area contributed by atoms with Gasteiger partial charge < -0.3 is 0 Å². The first-order valence-corrected chi connectivity index (χ1v) is 5.68. The molecule has 3 heteroatoms. The number of nitrogens with zero attached hydrogens (tertiary/aromatic N) is 1. The Morgan fingerprint density at radius 2 is 1.87 bits per heavy atom. The van der Waals surface area contributed by atoms with Crippen molar-refractivity contribution < 1.29 is 0 Å². The molecule has 1 atom stereocenters. The first-order valence-electron chi connectivity index (χ1n) is 5.14. The van der Waals surface area contributed by atoms with E-state index in [2.05, 4.69) is 43.0 Å². The van der Waals surface area contributed by atoms with Crippen LogP contribution in [0.3, 0.4) is 0 Å². The maximum absolute atomic E-state index is 5.76. The highest BCUT2D eigenvalue weighted by Gasteiger charge is 2.12. The topological polar surface area (TPSA) is 3.24 Å². The molecule has 1 aromatic carbocycles. The van der Waals surface area contributed by atoms with Gasteiger partial charge in [-0.3, -0.25) is 4.90 Å². The second-order valence-corrected chi connectivity index (χ2v) is 3.78. The van der Waals surface area contributed by atoms with Gasteiger partial charge in [0.25, 0.3) is 0 Å². The van der Waals surface area contributed by atoms with Crippen LogP contribution < -0.4 is 0 Å². The van der Waals surface area contributed by atoms with E-state index in [0.717, 1.165) is 13.1 Å². The Bertz CT molecular complexity index is 251. The van der Waals surface area contributed by atoms with E-state index in [1.807, 2.05) is 6.07 Å². The van der Waals surface area contributed by atoms with Gasteiger partial charge in [0.05, 0.1) is 0 Å². The maximum atomic E-state index is 5.76. The molecular formula is C12H19Cl2N. The number of hydrogen-bond acceptors (Lipinski definition) is 1. The van der Waals surface area contributed by atoms with Crippen LogP contribution in [0.4, 0.5) is 0 Å². The van der Waals surface area contributed by atoms with Gasteiger partial charge in [0.2, 0.25) is 0 Å². The van der Waals surface area contributed by atoms with Crippen molar-refractivity contribution in [3.05, 3.63) is 35.9 Å². The Hall–Kier alpha value is -0.240. The maximum Gasteiger partial charge on any atom is 0.0351 e. The first kappa shape index (κ1) is 14.8. The molecule has 0 bridgehead atoms. The largest absolute Gasteiger partial charge is 0.296 e. The lowest BCUT2D eigenvalue weighted by molar-refractivity contribution is 0.236. The molecule has 15 heavy (non-hydrogen) atoms. The van der Waals surface area contributed by atoms with Crippen LogP contribution in [0.1, 0.15) is 25.5 Å². The van der Waals surface area contributed by atoms with Crippen molar-refractivity contribution in [3.8, 4) is 0 Å². The number of benzene rings is 1. The van der Waals surface area contributed by atoms with E-state index < -0.39 is 0 Å². The first-order chi connectivity index (χ1) is 6.79. The minimum absolute atomic E-state index is 0. The number of alkyl halides is 1. The van der Waals surface area contributed by atoms with Gasteiger partial charge in [0.1, 0.15) is 0 Å². The Labute approximate surface area is 104 Å². The van der Waals surface area contributed by atoms with Crippen LogP contribution in [0.5, 0.6) is 0 Å². The van der Waals surface area contributed by atoms with Gasteiger partial charge >= 0.3 is 0 Å². The summed E-state index contributed by atoms with van der Waals surface area (Å²) in [5, 5.41) is 0. The highest BCUT2D eigenvalue weighted by Crippen LogP contribution is 2.18. The molecule has 0 saturated heterocycles. The van der Waals surface area contributed by atoms with E-state index in [9.17, 15) is 0 Å².